The Morgan fingerprint density at radius 1 is 0.952 bits per heavy atom. The van der Waals surface area contributed by atoms with E-state index in [9.17, 15) is 0 Å². The molecule has 3 heteroatoms. The zero-order chi connectivity index (χ0) is 15.2. The van der Waals surface area contributed by atoms with Gasteiger partial charge >= 0.3 is 0 Å². The standard InChI is InChI=1S/C18H34N2S/c1-3-4-5-6-7-8-9-10-11-12-13-18(21-2)16-20-15-14-19-17-20/h14-15,17-18H,3-13,16H2,1-2H3. The molecule has 0 aromatic carbocycles. The molecule has 1 heterocycles. The molecule has 2 nitrogen and oxygen atoms in total. The maximum atomic E-state index is 4.12. The first-order valence-corrected chi connectivity index (χ1v) is 10.1. The lowest BCUT2D eigenvalue weighted by atomic mass is 10.1. The second-order valence-electron chi connectivity index (χ2n) is 6.09. The van der Waals surface area contributed by atoms with Crippen LogP contribution in [0.25, 0.3) is 0 Å². The summed E-state index contributed by atoms with van der Waals surface area (Å²) in [4.78, 5) is 4.12. The highest BCUT2D eigenvalue weighted by molar-refractivity contribution is 7.99. The van der Waals surface area contributed by atoms with E-state index in [2.05, 4.69) is 28.9 Å². The third kappa shape index (κ3) is 10.00. The van der Waals surface area contributed by atoms with Crippen LogP contribution in [0.1, 0.15) is 77.6 Å². The fraction of sp³-hybridized carbons (Fsp3) is 0.833. The predicted octanol–water partition coefficient (Wildman–Crippen LogP) is 5.93. The van der Waals surface area contributed by atoms with E-state index in [0.717, 1.165) is 11.8 Å². The van der Waals surface area contributed by atoms with Crippen molar-refractivity contribution < 1.29 is 0 Å². The monoisotopic (exact) mass is 310 g/mol. The zero-order valence-electron chi connectivity index (χ0n) is 14.1. The molecule has 0 N–H and O–H groups in total. The van der Waals surface area contributed by atoms with Crippen LogP contribution >= 0.6 is 11.8 Å². The Kier molecular flexibility index (Phi) is 11.7. The highest BCUT2D eigenvalue weighted by Crippen LogP contribution is 2.18. The Morgan fingerprint density at radius 3 is 2.10 bits per heavy atom. The smallest absolute Gasteiger partial charge is 0.0946 e. The minimum Gasteiger partial charge on any atom is -0.336 e. The molecule has 0 aliphatic heterocycles. The largest absolute Gasteiger partial charge is 0.336 e. The molecule has 1 rings (SSSR count). The maximum Gasteiger partial charge on any atom is 0.0946 e. The van der Waals surface area contributed by atoms with Crippen LogP contribution in [0.2, 0.25) is 0 Å². The van der Waals surface area contributed by atoms with Gasteiger partial charge in [-0.2, -0.15) is 11.8 Å². The third-order valence-corrected chi connectivity index (χ3v) is 5.24. The van der Waals surface area contributed by atoms with Gasteiger partial charge in [0.1, 0.15) is 0 Å². The summed E-state index contributed by atoms with van der Waals surface area (Å²) in [5, 5.41) is 0.744. The van der Waals surface area contributed by atoms with Gasteiger partial charge in [-0.3, -0.25) is 0 Å². The van der Waals surface area contributed by atoms with E-state index in [1.54, 1.807) is 0 Å². The molecule has 0 amide bonds. The van der Waals surface area contributed by atoms with Crippen LogP contribution < -0.4 is 0 Å². The summed E-state index contributed by atoms with van der Waals surface area (Å²) in [5.74, 6) is 0. The average Bonchev–Trinajstić information content (AvgIpc) is 3.01. The fourth-order valence-corrected chi connectivity index (χ4v) is 3.50. The Labute approximate surface area is 136 Å². The van der Waals surface area contributed by atoms with Gasteiger partial charge in [0.15, 0.2) is 0 Å². The number of hydrogen-bond donors (Lipinski definition) is 0. The highest BCUT2D eigenvalue weighted by Gasteiger charge is 2.07. The number of aromatic nitrogens is 2. The van der Waals surface area contributed by atoms with E-state index in [1.165, 1.54) is 70.6 Å². The lowest BCUT2D eigenvalue weighted by Crippen LogP contribution is -2.11. The molecule has 0 radical (unpaired) electrons. The molecule has 0 saturated heterocycles. The summed E-state index contributed by atoms with van der Waals surface area (Å²) in [5.41, 5.74) is 0. The molecule has 1 unspecified atom stereocenters. The molecule has 0 aliphatic rings. The summed E-state index contributed by atoms with van der Waals surface area (Å²) in [7, 11) is 0. The van der Waals surface area contributed by atoms with Crippen molar-refractivity contribution in [1.29, 1.82) is 0 Å². The molecule has 21 heavy (non-hydrogen) atoms. The minimum absolute atomic E-state index is 0.744. The van der Waals surface area contributed by atoms with Crippen molar-refractivity contribution in [3.05, 3.63) is 18.7 Å². The van der Waals surface area contributed by atoms with E-state index >= 15 is 0 Å². The van der Waals surface area contributed by atoms with Crippen LogP contribution in [-0.4, -0.2) is 21.1 Å². The topological polar surface area (TPSA) is 17.8 Å². The van der Waals surface area contributed by atoms with Crippen molar-refractivity contribution >= 4 is 11.8 Å². The summed E-state index contributed by atoms with van der Waals surface area (Å²) in [6.07, 6.45) is 23.7. The Morgan fingerprint density at radius 2 is 1.57 bits per heavy atom. The lowest BCUT2D eigenvalue weighted by molar-refractivity contribution is 0.534. The number of nitrogens with zero attached hydrogens (tertiary/aromatic N) is 2. The van der Waals surface area contributed by atoms with Gasteiger partial charge in [-0.05, 0) is 12.7 Å². The minimum atomic E-state index is 0.744. The first-order chi connectivity index (χ1) is 10.4. The van der Waals surface area contributed by atoms with Gasteiger partial charge < -0.3 is 4.57 Å². The first-order valence-electron chi connectivity index (χ1n) is 8.85. The van der Waals surface area contributed by atoms with Crippen molar-refractivity contribution in [2.75, 3.05) is 6.26 Å². The normalized spacial score (nSPS) is 12.7. The number of hydrogen-bond acceptors (Lipinski definition) is 2. The molecular weight excluding hydrogens is 276 g/mol. The lowest BCUT2D eigenvalue weighted by Gasteiger charge is -2.14. The number of imidazole rings is 1. The number of rotatable bonds is 14. The third-order valence-electron chi connectivity index (χ3n) is 4.19. The molecule has 122 valence electrons. The van der Waals surface area contributed by atoms with Crippen molar-refractivity contribution in [2.45, 2.75) is 89.3 Å². The SMILES string of the molecule is CCCCCCCCCCCCC(Cn1ccnc1)SC. The van der Waals surface area contributed by atoms with Gasteiger partial charge in [0.25, 0.3) is 0 Å². The van der Waals surface area contributed by atoms with Gasteiger partial charge in [-0.15, -0.1) is 0 Å². The molecule has 0 saturated carbocycles. The second kappa shape index (κ2) is 13.2. The van der Waals surface area contributed by atoms with E-state index in [4.69, 9.17) is 0 Å². The maximum absolute atomic E-state index is 4.12. The summed E-state index contributed by atoms with van der Waals surface area (Å²) in [6.45, 7) is 3.40. The van der Waals surface area contributed by atoms with Gasteiger partial charge in [0.05, 0.1) is 6.33 Å². The second-order valence-corrected chi connectivity index (χ2v) is 7.23. The van der Waals surface area contributed by atoms with Crippen molar-refractivity contribution in [3.8, 4) is 0 Å². The Hall–Kier alpha value is -0.440. The summed E-state index contributed by atoms with van der Waals surface area (Å²) < 4.78 is 2.21. The van der Waals surface area contributed by atoms with Crippen LogP contribution in [0.4, 0.5) is 0 Å². The highest BCUT2D eigenvalue weighted by atomic mass is 32.2. The van der Waals surface area contributed by atoms with E-state index < -0.39 is 0 Å². The molecule has 1 atom stereocenters. The van der Waals surface area contributed by atoms with E-state index in [1.807, 2.05) is 24.3 Å². The number of unbranched alkanes of at least 4 members (excludes halogenated alkanes) is 9. The molecular formula is C18H34N2S. The predicted molar refractivity (Wildman–Crippen MR) is 96.0 cm³/mol. The first kappa shape index (κ1) is 18.6. The van der Waals surface area contributed by atoms with Crippen LogP contribution in [0.3, 0.4) is 0 Å². The molecule has 0 aliphatic carbocycles. The molecule has 0 bridgehead atoms. The fourth-order valence-electron chi connectivity index (χ4n) is 2.77. The van der Waals surface area contributed by atoms with E-state index in [-0.39, 0.29) is 0 Å². The van der Waals surface area contributed by atoms with Gasteiger partial charge in [-0.25, -0.2) is 4.98 Å². The van der Waals surface area contributed by atoms with Crippen LogP contribution in [0.15, 0.2) is 18.7 Å². The molecule has 0 spiro atoms. The van der Waals surface area contributed by atoms with Crippen LogP contribution in [0, 0.1) is 0 Å². The van der Waals surface area contributed by atoms with Crippen LogP contribution in [0.5, 0.6) is 0 Å². The Balaban J connectivity index is 1.90. The molecule has 1 aromatic rings. The zero-order valence-corrected chi connectivity index (χ0v) is 14.9. The molecule has 0 fully saturated rings. The summed E-state index contributed by atoms with van der Waals surface area (Å²) >= 11 is 2.00. The van der Waals surface area contributed by atoms with Crippen molar-refractivity contribution in [1.82, 2.24) is 9.55 Å². The number of thioether (sulfide) groups is 1. The summed E-state index contributed by atoms with van der Waals surface area (Å²) in [6, 6.07) is 0. The Bertz CT molecular complexity index is 311. The van der Waals surface area contributed by atoms with Crippen LogP contribution in [-0.2, 0) is 6.54 Å². The molecule has 1 aromatic heterocycles. The quantitative estimate of drug-likeness (QED) is 0.397. The van der Waals surface area contributed by atoms with Gasteiger partial charge in [0.2, 0.25) is 0 Å². The van der Waals surface area contributed by atoms with Crippen molar-refractivity contribution in [3.63, 3.8) is 0 Å². The van der Waals surface area contributed by atoms with Gasteiger partial charge in [-0.1, -0.05) is 71.1 Å². The van der Waals surface area contributed by atoms with Gasteiger partial charge in [0, 0.05) is 24.2 Å². The average molecular weight is 311 g/mol. The van der Waals surface area contributed by atoms with E-state index in [0.29, 0.717) is 0 Å². The van der Waals surface area contributed by atoms with Crippen molar-refractivity contribution in [2.24, 2.45) is 0 Å².